The topological polar surface area (TPSA) is 75.7 Å². The van der Waals surface area contributed by atoms with E-state index in [0.717, 1.165) is 16.0 Å². The first kappa shape index (κ1) is 22.3. The van der Waals surface area contributed by atoms with Gasteiger partial charge >= 0.3 is 5.97 Å². The SMILES string of the molecule is CCc1ccccc1N1C(=O)C(Cl)=C(Nc2ccc(C(=O)Oc3ccc(C)cc3)cc2)C1=O. The number of amides is 2. The molecule has 0 unspecified atom stereocenters. The molecule has 1 aliphatic rings. The lowest BCUT2D eigenvalue weighted by molar-refractivity contribution is -0.120. The van der Waals surface area contributed by atoms with E-state index in [2.05, 4.69) is 5.32 Å². The molecule has 7 heteroatoms. The smallest absolute Gasteiger partial charge is 0.343 e. The minimum Gasteiger partial charge on any atom is -0.423 e. The molecule has 0 aliphatic carbocycles. The van der Waals surface area contributed by atoms with Gasteiger partial charge in [-0.1, -0.05) is 54.4 Å². The monoisotopic (exact) mass is 460 g/mol. The Hall–Kier alpha value is -3.90. The van der Waals surface area contributed by atoms with Gasteiger partial charge in [-0.3, -0.25) is 9.59 Å². The van der Waals surface area contributed by atoms with Gasteiger partial charge < -0.3 is 10.1 Å². The van der Waals surface area contributed by atoms with E-state index in [1.54, 1.807) is 48.5 Å². The molecule has 0 aromatic heterocycles. The highest BCUT2D eigenvalue weighted by atomic mass is 35.5. The molecule has 0 saturated carbocycles. The van der Waals surface area contributed by atoms with Crippen LogP contribution in [0, 0.1) is 6.92 Å². The normalized spacial score (nSPS) is 13.5. The second-order valence-corrected chi connectivity index (χ2v) is 7.90. The summed E-state index contributed by atoms with van der Waals surface area (Å²) in [5, 5.41) is 2.73. The maximum Gasteiger partial charge on any atom is 0.343 e. The average molecular weight is 461 g/mol. The van der Waals surface area contributed by atoms with Crippen LogP contribution in [0.25, 0.3) is 0 Å². The van der Waals surface area contributed by atoms with Crippen LogP contribution in [-0.2, 0) is 16.0 Å². The van der Waals surface area contributed by atoms with Gasteiger partial charge in [-0.2, -0.15) is 0 Å². The molecule has 0 saturated heterocycles. The molecular formula is C26H21ClN2O4. The Kier molecular flexibility index (Phi) is 6.29. The van der Waals surface area contributed by atoms with Crippen molar-refractivity contribution in [1.29, 1.82) is 0 Å². The van der Waals surface area contributed by atoms with Gasteiger partial charge in [0, 0.05) is 5.69 Å². The Morgan fingerprint density at radius 3 is 2.27 bits per heavy atom. The van der Waals surface area contributed by atoms with Gasteiger partial charge in [0.05, 0.1) is 11.3 Å². The molecule has 1 aliphatic heterocycles. The zero-order valence-corrected chi connectivity index (χ0v) is 18.8. The summed E-state index contributed by atoms with van der Waals surface area (Å²) in [6, 6.07) is 20.7. The number of rotatable bonds is 6. The molecule has 0 atom stereocenters. The molecule has 3 aromatic carbocycles. The number of carbonyl (C=O) groups excluding carboxylic acids is 3. The summed E-state index contributed by atoms with van der Waals surface area (Å²) >= 11 is 6.23. The number of carbonyl (C=O) groups is 3. The van der Waals surface area contributed by atoms with E-state index >= 15 is 0 Å². The van der Waals surface area contributed by atoms with Crippen molar-refractivity contribution < 1.29 is 19.1 Å². The number of nitrogens with one attached hydrogen (secondary N) is 1. The fourth-order valence-corrected chi connectivity index (χ4v) is 3.68. The van der Waals surface area contributed by atoms with E-state index in [9.17, 15) is 14.4 Å². The molecule has 0 fully saturated rings. The third kappa shape index (κ3) is 4.52. The van der Waals surface area contributed by atoms with Gasteiger partial charge in [0.15, 0.2) is 0 Å². The van der Waals surface area contributed by atoms with Crippen LogP contribution in [0.15, 0.2) is 83.5 Å². The highest BCUT2D eigenvalue weighted by molar-refractivity contribution is 6.53. The minimum atomic E-state index is -0.580. The van der Waals surface area contributed by atoms with E-state index in [-0.39, 0.29) is 10.7 Å². The number of imide groups is 1. The molecule has 6 nitrogen and oxygen atoms in total. The second kappa shape index (κ2) is 9.30. The third-order valence-corrected chi connectivity index (χ3v) is 5.61. The summed E-state index contributed by atoms with van der Waals surface area (Å²) in [4.78, 5) is 39.2. The van der Waals surface area contributed by atoms with Crippen LogP contribution in [0.2, 0.25) is 0 Å². The summed E-state index contributed by atoms with van der Waals surface area (Å²) in [7, 11) is 0. The third-order valence-electron chi connectivity index (χ3n) is 5.26. The Balaban J connectivity index is 1.49. The van der Waals surface area contributed by atoms with E-state index < -0.39 is 17.8 Å². The van der Waals surface area contributed by atoms with Crippen molar-refractivity contribution in [3.05, 3.63) is 100 Å². The lowest BCUT2D eigenvalue weighted by atomic mass is 10.1. The zero-order valence-electron chi connectivity index (χ0n) is 18.1. The number of halogens is 1. The predicted octanol–water partition coefficient (Wildman–Crippen LogP) is 5.21. The summed E-state index contributed by atoms with van der Waals surface area (Å²) in [6.45, 7) is 3.90. The molecule has 0 bridgehead atoms. The van der Waals surface area contributed by atoms with E-state index in [1.165, 1.54) is 0 Å². The molecule has 1 N–H and O–H groups in total. The lowest BCUT2D eigenvalue weighted by Gasteiger charge is -2.18. The highest BCUT2D eigenvalue weighted by Gasteiger charge is 2.39. The number of hydrogen-bond donors (Lipinski definition) is 1. The van der Waals surface area contributed by atoms with Gasteiger partial charge in [-0.25, -0.2) is 9.69 Å². The van der Waals surface area contributed by atoms with Crippen LogP contribution in [0.3, 0.4) is 0 Å². The van der Waals surface area contributed by atoms with Crippen molar-refractivity contribution in [2.24, 2.45) is 0 Å². The van der Waals surface area contributed by atoms with Crippen molar-refractivity contribution in [3.63, 3.8) is 0 Å². The molecule has 33 heavy (non-hydrogen) atoms. The fraction of sp³-hybridized carbons (Fsp3) is 0.115. The summed E-state index contributed by atoms with van der Waals surface area (Å²) in [6.07, 6.45) is 0.660. The van der Waals surface area contributed by atoms with Crippen LogP contribution < -0.4 is 15.0 Å². The number of anilines is 2. The number of para-hydroxylation sites is 1. The Bertz CT molecular complexity index is 1260. The fourth-order valence-electron chi connectivity index (χ4n) is 3.46. The van der Waals surface area contributed by atoms with Crippen LogP contribution >= 0.6 is 11.6 Å². The molecule has 2 amide bonds. The van der Waals surface area contributed by atoms with Crippen molar-refractivity contribution in [1.82, 2.24) is 0 Å². The Labute approximate surface area is 196 Å². The predicted molar refractivity (Wildman–Crippen MR) is 127 cm³/mol. The number of benzene rings is 3. The van der Waals surface area contributed by atoms with Crippen LogP contribution in [0.5, 0.6) is 5.75 Å². The Morgan fingerprint density at radius 2 is 1.61 bits per heavy atom. The first-order valence-electron chi connectivity index (χ1n) is 10.4. The number of hydrogen-bond acceptors (Lipinski definition) is 5. The average Bonchev–Trinajstić information content (AvgIpc) is 3.04. The number of nitrogens with zero attached hydrogens (tertiary/aromatic N) is 1. The highest BCUT2D eigenvalue weighted by Crippen LogP contribution is 2.32. The van der Waals surface area contributed by atoms with E-state index in [0.29, 0.717) is 29.1 Å². The lowest BCUT2D eigenvalue weighted by Crippen LogP contribution is -2.33. The van der Waals surface area contributed by atoms with Crippen LogP contribution in [-0.4, -0.2) is 17.8 Å². The van der Waals surface area contributed by atoms with E-state index in [1.807, 2.05) is 38.1 Å². The number of ether oxygens (including phenoxy) is 1. The van der Waals surface area contributed by atoms with Gasteiger partial charge in [0.1, 0.15) is 16.5 Å². The van der Waals surface area contributed by atoms with Gasteiger partial charge in [-0.05, 0) is 61.4 Å². The van der Waals surface area contributed by atoms with Crippen LogP contribution in [0.4, 0.5) is 11.4 Å². The second-order valence-electron chi connectivity index (χ2n) is 7.52. The van der Waals surface area contributed by atoms with Crippen molar-refractivity contribution in [2.75, 3.05) is 10.2 Å². The molecule has 166 valence electrons. The molecule has 0 spiro atoms. The summed E-state index contributed by atoms with van der Waals surface area (Å²) in [5.74, 6) is -1.17. The van der Waals surface area contributed by atoms with Crippen molar-refractivity contribution >= 4 is 40.8 Å². The molecule has 3 aromatic rings. The molecule has 4 rings (SSSR count). The van der Waals surface area contributed by atoms with Gasteiger partial charge in [0.25, 0.3) is 11.8 Å². The first-order valence-corrected chi connectivity index (χ1v) is 10.8. The van der Waals surface area contributed by atoms with E-state index in [4.69, 9.17) is 16.3 Å². The van der Waals surface area contributed by atoms with Gasteiger partial charge in [-0.15, -0.1) is 0 Å². The molecule has 0 radical (unpaired) electrons. The minimum absolute atomic E-state index is 0.0115. The quantitative estimate of drug-likeness (QED) is 0.310. The summed E-state index contributed by atoms with van der Waals surface area (Å²) in [5.41, 5.74) is 3.27. The molecule has 1 heterocycles. The van der Waals surface area contributed by atoms with Crippen molar-refractivity contribution in [2.45, 2.75) is 20.3 Å². The largest absolute Gasteiger partial charge is 0.423 e. The maximum absolute atomic E-state index is 13.0. The zero-order chi connectivity index (χ0) is 23.5. The first-order chi connectivity index (χ1) is 15.9. The number of aryl methyl sites for hydroxylation is 2. The van der Waals surface area contributed by atoms with Crippen molar-refractivity contribution in [3.8, 4) is 5.75 Å². The number of esters is 1. The maximum atomic E-state index is 13.0. The standard InChI is InChI=1S/C26H21ClN2O4/c1-3-17-6-4-5-7-21(17)29-24(30)22(27)23(25(29)31)28-19-12-10-18(11-13-19)26(32)33-20-14-8-16(2)9-15-20/h4-15,28H,3H2,1-2H3. The van der Waals surface area contributed by atoms with Gasteiger partial charge in [0.2, 0.25) is 0 Å². The molecular weight excluding hydrogens is 440 g/mol. The Morgan fingerprint density at radius 1 is 0.939 bits per heavy atom. The summed E-state index contributed by atoms with van der Waals surface area (Å²) < 4.78 is 5.37. The van der Waals surface area contributed by atoms with Crippen LogP contribution in [0.1, 0.15) is 28.4 Å².